The third-order valence-electron chi connectivity index (χ3n) is 5.31. The highest BCUT2D eigenvalue weighted by Gasteiger charge is 2.21. The summed E-state index contributed by atoms with van der Waals surface area (Å²) in [5.41, 5.74) is 8.90. The van der Waals surface area contributed by atoms with Gasteiger partial charge in [-0.1, -0.05) is 0 Å². The molecule has 1 saturated carbocycles. The van der Waals surface area contributed by atoms with E-state index in [1.807, 2.05) is 12.5 Å². The number of fused-ring (bicyclic) bond motifs is 1. The van der Waals surface area contributed by atoms with E-state index in [2.05, 4.69) is 67.7 Å². The second kappa shape index (κ2) is 8.24. The molecule has 0 saturated heterocycles. The van der Waals surface area contributed by atoms with Gasteiger partial charge in [0.1, 0.15) is 0 Å². The lowest BCUT2D eigenvalue weighted by atomic mass is 9.92. The molecule has 1 fully saturated rings. The van der Waals surface area contributed by atoms with Crippen molar-refractivity contribution in [2.75, 3.05) is 10.6 Å². The van der Waals surface area contributed by atoms with Gasteiger partial charge in [-0.2, -0.15) is 9.97 Å². The first kappa shape index (κ1) is 19.4. The minimum absolute atomic E-state index is 0.277. The quantitative estimate of drug-likeness (QED) is 0.390. The highest BCUT2D eigenvalue weighted by molar-refractivity contribution is 14.1. The molecule has 0 unspecified atom stereocenters. The number of nitrogens with one attached hydrogen (secondary N) is 3. The predicted molar refractivity (Wildman–Crippen MR) is 120 cm³/mol. The van der Waals surface area contributed by atoms with Gasteiger partial charge in [0, 0.05) is 36.4 Å². The van der Waals surface area contributed by atoms with E-state index < -0.39 is 0 Å². The molecule has 5 N–H and O–H groups in total. The largest absolute Gasteiger partial charge is 0.364 e. The molecule has 1 aliphatic rings. The first-order valence-corrected chi connectivity index (χ1v) is 10.9. The van der Waals surface area contributed by atoms with Crippen molar-refractivity contribution in [2.45, 2.75) is 64.2 Å². The summed E-state index contributed by atoms with van der Waals surface area (Å²) >= 11 is 2.30. The number of imidazole rings is 1. The molecule has 3 aromatic heterocycles. The lowest BCUT2D eigenvalue weighted by molar-refractivity contribution is 0.410. The number of H-pyrrole nitrogens is 1. The van der Waals surface area contributed by atoms with E-state index in [4.69, 9.17) is 15.7 Å². The van der Waals surface area contributed by atoms with Gasteiger partial charge >= 0.3 is 0 Å². The van der Waals surface area contributed by atoms with Crippen molar-refractivity contribution in [3.05, 3.63) is 27.9 Å². The number of nitrogens with two attached hydrogens (primary N) is 1. The number of halogens is 1. The molecule has 3 aromatic rings. The fourth-order valence-electron chi connectivity index (χ4n) is 3.63. The first-order chi connectivity index (χ1) is 13.5. The average Bonchev–Trinajstić information content (AvgIpc) is 3.28. The van der Waals surface area contributed by atoms with Crippen molar-refractivity contribution in [3.8, 4) is 0 Å². The van der Waals surface area contributed by atoms with E-state index in [1.165, 1.54) is 5.56 Å². The van der Waals surface area contributed by atoms with Crippen molar-refractivity contribution in [1.29, 1.82) is 0 Å². The average molecular weight is 494 g/mol. The Balaban J connectivity index is 1.63. The van der Waals surface area contributed by atoms with Crippen molar-refractivity contribution < 1.29 is 0 Å². The smallest absolute Gasteiger partial charge is 0.227 e. The van der Waals surface area contributed by atoms with Crippen LogP contribution in [0.3, 0.4) is 0 Å². The lowest BCUT2D eigenvalue weighted by Crippen LogP contribution is -2.33. The molecule has 0 aliphatic heterocycles. The maximum absolute atomic E-state index is 6.04. The number of aromatic nitrogens is 5. The number of rotatable bonds is 6. The van der Waals surface area contributed by atoms with Crippen LogP contribution in [0.5, 0.6) is 0 Å². The van der Waals surface area contributed by atoms with Crippen LogP contribution in [0, 0.1) is 3.70 Å². The normalized spacial score (nSPS) is 20.0. The van der Waals surface area contributed by atoms with Crippen LogP contribution in [-0.4, -0.2) is 36.6 Å². The van der Waals surface area contributed by atoms with Gasteiger partial charge in [0.2, 0.25) is 5.95 Å². The molecular formula is C19H27IN8. The van der Waals surface area contributed by atoms with Crippen LogP contribution in [0.1, 0.15) is 51.1 Å². The standard InChI is InChI=1S/C19H27IN8/c1-11(2)28-10-24-15-17(23-9-12-7-8-22-16(12)20)26-19(27-18(15)28)25-14-5-3-13(21)4-6-14/h7-8,10-11,13-14,22H,3-6,9,21H2,1-2H3,(H2,23,25,26,27). The van der Waals surface area contributed by atoms with Crippen molar-refractivity contribution in [2.24, 2.45) is 5.73 Å². The van der Waals surface area contributed by atoms with Crippen LogP contribution < -0.4 is 16.4 Å². The third-order valence-corrected chi connectivity index (χ3v) is 6.31. The fourth-order valence-corrected chi connectivity index (χ4v) is 4.18. The number of hydrogen-bond donors (Lipinski definition) is 4. The molecule has 0 bridgehead atoms. The van der Waals surface area contributed by atoms with Gasteiger partial charge in [-0.3, -0.25) is 0 Å². The molecule has 0 atom stereocenters. The molecule has 150 valence electrons. The van der Waals surface area contributed by atoms with Gasteiger partial charge in [0.25, 0.3) is 0 Å². The van der Waals surface area contributed by atoms with Gasteiger partial charge in [-0.15, -0.1) is 0 Å². The summed E-state index contributed by atoms with van der Waals surface area (Å²) in [5.74, 6) is 1.41. The van der Waals surface area contributed by atoms with Crippen LogP contribution in [0.15, 0.2) is 18.6 Å². The molecular weight excluding hydrogens is 467 g/mol. The molecule has 0 radical (unpaired) electrons. The predicted octanol–water partition coefficient (Wildman–Crippen LogP) is 3.63. The Hall–Kier alpha value is -1.88. The summed E-state index contributed by atoms with van der Waals surface area (Å²) in [6.45, 7) is 4.95. The zero-order chi connectivity index (χ0) is 19.7. The third kappa shape index (κ3) is 4.09. The molecule has 1 aliphatic carbocycles. The highest BCUT2D eigenvalue weighted by Crippen LogP contribution is 2.26. The Morgan fingerprint density at radius 1 is 1.29 bits per heavy atom. The SMILES string of the molecule is CC(C)n1cnc2c(NCc3cc[nH]c3I)nc(NC3CCC(N)CC3)nc21. The van der Waals surface area contributed by atoms with Gasteiger partial charge in [-0.05, 0) is 68.2 Å². The van der Waals surface area contributed by atoms with E-state index in [9.17, 15) is 0 Å². The number of aromatic amines is 1. The topological polar surface area (TPSA) is 109 Å². The van der Waals surface area contributed by atoms with E-state index in [0.29, 0.717) is 24.6 Å². The van der Waals surface area contributed by atoms with Gasteiger partial charge < -0.3 is 25.9 Å². The van der Waals surface area contributed by atoms with Crippen LogP contribution in [-0.2, 0) is 6.54 Å². The van der Waals surface area contributed by atoms with Gasteiger partial charge in [0.15, 0.2) is 17.0 Å². The van der Waals surface area contributed by atoms with Gasteiger partial charge in [0.05, 0.1) is 10.0 Å². The van der Waals surface area contributed by atoms with E-state index in [1.54, 1.807) is 0 Å². The summed E-state index contributed by atoms with van der Waals surface area (Å²) in [6, 6.07) is 3.04. The van der Waals surface area contributed by atoms with Crippen molar-refractivity contribution in [1.82, 2.24) is 24.5 Å². The number of hydrogen-bond acceptors (Lipinski definition) is 6. The summed E-state index contributed by atoms with van der Waals surface area (Å²) in [4.78, 5) is 17.3. The van der Waals surface area contributed by atoms with Crippen LogP contribution in [0.4, 0.5) is 11.8 Å². The maximum Gasteiger partial charge on any atom is 0.227 e. The molecule has 8 nitrogen and oxygen atoms in total. The molecule has 0 aromatic carbocycles. The maximum atomic E-state index is 6.04. The zero-order valence-corrected chi connectivity index (χ0v) is 18.4. The summed E-state index contributed by atoms with van der Waals surface area (Å²) in [7, 11) is 0. The van der Waals surface area contributed by atoms with Crippen LogP contribution in [0.2, 0.25) is 0 Å². The van der Waals surface area contributed by atoms with Crippen molar-refractivity contribution >= 4 is 45.5 Å². The Labute approximate surface area is 178 Å². The summed E-state index contributed by atoms with van der Waals surface area (Å²) in [5, 5.41) is 6.98. The molecule has 4 rings (SSSR count). The highest BCUT2D eigenvalue weighted by atomic mass is 127. The first-order valence-electron chi connectivity index (χ1n) is 9.83. The van der Waals surface area contributed by atoms with Gasteiger partial charge in [-0.25, -0.2) is 4.98 Å². The molecule has 28 heavy (non-hydrogen) atoms. The summed E-state index contributed by atoms with van der Waals surface area (Å²) in [6.07, 6.45) is 7.98. The van der Waals surface area contributed by atoms with E-state index in [-0.39, 0.29) is 6.04 Å². The molecule has 3 heterocycles. The minimum atomic E-state index is 0.277. The Morgan fingerprint density at radius 2 is 2.07 bits per heavy atom. The van der Waals surface area contributed by atoms with E-state index >= 15 is 0 Å². The Kier molecular flexibility index (Phi) is 5.72. The summed E-state index contributed by atoms with van der Waals surface area (Å²) < 4.78 is 3.21. The second-order valence-corrected chi connectivity index (χ2v) is 8.82. The van der Waals surface area contributed by atoms with E-state index in [0.717, 1.165) is 46.4 Å². The molecule has 0 amide bonds. The Bertz CT molecular complexity index is 939. The lowest BCUT2D eigenvalue weighted by Gasteiger charge is -2.27. The molecule has 0 spiro atoms. The zero-order valence-electron chi connectivity index (χ0n) is 16.2. The van der Waals surface area contributed by atoms with Crippen molar-refractivity contribution in [3.63, 3.8) is 0 Å². The number of nitrogens with zero attached hydrogens (tertiary/aromatic N) is 4. The molecule has 9 heteroatoms. The Morgan fingerprint density at radius 3 is 2.75 bits per heavy atom. The second-order valence-electron chi connectivity index (χ2n) is 7.74. The van der Waals surface area contributed by atoms with Crippen LogP contribution in [0.25, 0.3) is 11.2 Å². The fraction of sp³-hybridized carbons (Fsp3) is 0.526. The monoisotopic (exact) mass is 494 g/mol. The van der Waals surface area contributed by atoms with Crippen LogP contribution >= 0.6 is 22.6 Å². The number of anilines is 2. The minimum Gasteiger partial charge on any atom is -0.364 e.